The average molecular weight is 378 g/mol. The zero-order valence-electron chi connectivity index (χ0n) is 15.9. The molecule has 144 valence electrons. The second-order valence-electron chi connectivity index (χ2n) is 5.90. The molecule has 3 aromatic carbocycles. The molecule has 0 atom stereocenters. The minimum atomic E-state index is -0.446. The highest BCUT2D eigenvalue weighted by molar-refractivity contribution is 5.90. The van der Waals surface area contributed by atoms with Crippen LogP contribution in [0.15, 0.2) is 72.8 Å². The summed E-state index contributed by atoms with van der Waals surface area (Å²) >= 11 is 0. The molecule has 0 spiro atoms. The number of carbonyl (C=O) groups excluding carboxylic acids is 1. The molecule has 0 N–H and O–H groups in total. The van der Waals surface area contributed by atoms with Crippen molar-refractivity contribution >= 4 is 5.97 Å². The number of para-hydroxylation sites is 2. The van der Waals surface area contributed by atoms with Crippen LogP contribution < -0.4 is 14.2 Å². The second-order valence-corrected chi connectivity index (χ2v) is 5.90. The van der Waals surface area contributed by atoms with E-state index in [2.05, 4.69) is 0 Å². The van der Waals surface area contributed by atoms with Gasteiger partial charge in [0.15, 0.2) is 11.5 Å². The minimum Gasteiger partial charge on any atom is -0.493 e. The summed E-state index contributed by atoms with van der Waals surface area (Å²) in [6, 6.07) is 21.9. The Morgan fingerprint density at radius 2 is 1.61 bits per heavy atom. The van der Waals surface area contributed by atoms with Crippen molar-refractivity contribution in [3.63, 3.8) is 0 Å². The van der Waals surface area contributed by atoms with Crippen LogP contribution in [0.25, 0.3) is 0 Å². The van der Waals surface area contributed by atoms with Crippen molar-refractivity contribution in [2.45, 2.75) is 13.5 Å². The van der Waals surface area contributed by atoms with Gasteiger partial charge in [0.05, 0.1) is 19.3 Å². The van der Waals surface area contributed by atoms with E-state index >= 15 is 0 Å². The largest absolute Gasteiger partial charge is 0.493 e. The normalized spacial score (nSPS) is 10.2. The van der Waals surface area contributed by atoms with Crippen molar-refractivity contribution in [2.75, 3.05) is 13.7 Å². The summed E-state index contributed by atoms with van der Waals surface area (Å²) in [6.45, 7) is 2.44. The van der Waals surface area contributed by atoms with Crippen molar-refractivity contribution in [1.29, 1.82) is 0 Å². The number of hydrogen-bond acceptors (Lipinski definition) is 5. The van der Waals surface area contributed by atoms with Gasteiger partial charge >= 0.3 is 5.97 Å². The second kappa shape index (κ2) is 9.46. The third-order valence-electron chi connectivity index (χ3n) is 4.00. The van der Waals surface area contributed by atoms with Crippen LogP contribution in [-0.2, 0) is 11.3 Å². The van der Waals surface area contributed by atoms with Crippen LogP contribution in [0.4, 0.5) is 0 Å². The molecule has 0 saturated heterocycles. The van der Waals surface area contributed by atoms with E-state index in [1.165, 1.54) is 0 Å². The molecule has 0 radical (unpaired) electrons. The van der Waals surface area contributed by atoms with Gasteiger partial charge in [-0.25, -0.2) is 4.79 Å². The summed E-state index contributed by atoms with van der Waals surface area (Å²) in [5.41, 5.74) is 1.17. The van der Waals surface area contributed by atoms with Crippen LogP contribution in [0.2, 0.25) is 0 Å². The lowest BCUT2D eigenvalue weighted by Crippen LogP contribution is -2.07. The fraction of sp³-hybridized carbons (Fsp3) is 0.174. The SMILES string of the molecule is CCOc1cc(C(=O)OCc2ccccc2Oc2ccccc2)ccc1OC. The average Bonchev–Trinajstić information content (AvgIpc) is 2.74. The fourth-order valence-corrected chi connectivity index (χ4v) is 2.64. The molecule has 5 heteroatoms. The van der Waals surface area contributed by atoms with Crippen molar-refractivity contribution < 1.29 is 23.7 Å². The van der Waals surface area contributed by atoms with Crippen molar-refractivity contribution in [3.8, 4) is 23.0 Å². The molecular formula is C23H22O5. The van der Waals surface area contributed by atoms with Gasteiger partial charge in [-0.2, -0.15) is 0 Å². The number of rotatable bonds is 8. The van der Waals surface area contributed by atoms with Crippen LogP contribution in [0.1, 0.15) is 22.8 Å². The number of carbonyl (C=O) groups is 1. The Kier molecular flexibility index (Phi) is 6.52. The molecule has 3 rings (SSSR count). The Morgan fingerprint density at radius 3 is 2.36 bits per heavy atom. The molecule has 0 aliphatic carbocycles. The standard InChI is InChI=1S/C23H22O5/c1-3-26-22-15-17(13-14-21(22)25-2)23(24)27-16-18-9-7-8-12-20(18)28-19-10-5-4-6-11-19/h4-15H,3,16H2,1-2H3. The van der Waals surface area contributed by atoms with E-state index in [0.717, 1.165) is 11.3 Å². The maximum atomic E-state index is 12.5. The number of benzene rings is 3. The van der Waals surface area contributed by atoms with Gasteiger partial charge in [-0.15, -0.1) is 0 Å². The first-order chi connectivity index (χ1) is 13.7. The Bertz CT molecular complexity index is 921. The highest BCUT2D eigenvalue weighted by atomic mass is 16.5. The molecule has 0 bridgehead atoms. The van der Waals surface area contributed by atoms with E-state index in [-0.39, 0.29) is 6.61 Å². The van der Waals surface area contributed by atoms with Crippen molar-refractivity contribution in [2.24, 2.45) is 0 Å². The smallest absolute Gasteiger partial charge is 0.338 e. The molecule has 3 aromatic rings. The number of ether oxygens (including phenoxy) is 4. The minimum absolute atomic E-state index is 0.0951. The lowest BCUT2D eigenvalue weighted by Gasteiger charge is -2.13. The van der Waals surface area contributed by atoms with Crippen LogP contribution >= 0.6 is 0 Å². The Morgan fingerprint density at radius 1 is 0.857 bits per heavy atom. The van der Waals surface area contributed by atoms with Gasteiger partial charge in [-0.05, 0) is 43.3 Å². The summed E-state index contributed by atoms with van der Waals surface area (Å²) in [7, 11) is 1.56. The van der Waals surface area contributed by atoms with Crippen molar-refractivity contribution in [1.82, 2.24) is 0 Å². The number of esters is 1. The van der Waals surface area contributed by atoms with E-state index in [0.29, 0.717) is 29.4 Å². The predicted molar refractivity (Wildman–Crippen MR) is 106 cm³/mol. The van der Waals surface area contributed by atoms with E-state index in [9.17, 15) is 4.79 Å². The Hall–Kier alpha value is -3.47. The molecular weight excluding hydrogens is 356 g/mol. The third-order valence-corrected chi connectivity index (χ3v) is 4.00. The van der Waals surface area contributed by atoms with Crippen molar-refractivity contribution in [3.05, 3.63) is 83.9 Å². The Labute approximate surface area is 164 Å². The van der Waals surface area contributed by atoms with Crippen LogP contribution in [0, 0.1) is 0 Å². The maximum Gasteiger partial charge on any atom is 0.338 e. The molecule has 5 nitrogen and oxygen atoms in total. The molecule has 0 heterocycles. The lowest BCUT2D eigenvalue weighted by atomic mass is 10.2. The third kappa shape index (κ3) is 4.82. The van der Waals surface area contributed by atoms with Crippen LogP contribution in [-0.4, -0.2) is 19.7 Å². The van der Waals surface area contributed by atoms with E-state index in [1.54, 1.807) is 25.3 Å². The molecule has 0 saturated carbocycles. The number of hydrogen-bond donors (Lipinski definition) is 0. The highest BCUT2D eigenvalue weighted by Crippen LogP contribution is 2.29. The summed E-state index contributed by atoms with van der Waals surface area (Å²) in [5.74, 6) is 1.99. The topological polar surface area (TPSA) is 54.0 Å². The monoisotopic (exact) mass is 378 g/mol. The molecule has 0 fully saturated rings. The zero-order valence-corrected chi connectivity index (χ0v) is 15.9. The molecule has 0 aliphatic heterocycles. The zero-order chi connectivity index (χ0) is 19.8. The van der Waals surface area contributed by atoms with E-state index in [1.807, 2.05) is 61.5 Å². The first-order valence-electron chi connectivity index (χ1n) is 9.00. The first-order valence-corrected chi connectivity index (χ1v) is 9.00. The fourth-order valence-electron chi connectivity index (χ4n) is 2.64. The summed E-state index contributed by atoms with van der Waals surface area (Å²) in [5, 5.41) is 0. The van der Waals surface area contributed by atoms with Gasteiger partial charge in [0.25, 0.3) is 0 Å². The van der Waals surface area contributed by atoms with Gasteiger partial charge in [-0.3, -0.25) is 0 Å². The van der Waals surface area contributed by atoms with Gasteiger partial charge in [0.2, 0.25) is 0 Å². The Balaban J connectivity index is 1.70. The van der Waals surface area contributed by atoms with Gasteiger partial charge < -0.3 is 18.9 Å². The predicted octanol–water partition coefficient (Wildman–Crippen LogP) is 5.24. The molecule has 0 unspecified atom stereocenters. The van der Waals surface area contributed by atoms with Gasteiger partial charge in [-0.1, -0.05) is 36.4 Å². The van der Waals surface area contributed by atoms with E-state index in [4.69, 9.17) is 18.9 Å². The first kappa shape index (κ1) is 19.3. The summed E-state index contributed by atoms with van der Waals surface area (Å²) in [4.78, 5) is 12.5. The van der Waals surface area contributed by atoms with Crippen LogP contribution in [0.5, 0.6) is 23.0 Å². The van der Waals surface area contributed by atoms with Gasteiger partial charge in [0, 0.05) is 5.56 Å². The maximum absolute atomic E-state index is 12.5. The lowest BCUT2D eigenvalue weighted by molar-refractivity contribution is 0.0470. The van der Waals surface area contributed by atoms with Crippen LogP contribution in [0.3, 0.4) is 0 Å². The van der Waals surface area contributed by atoms with Gasteiger partial charge in [0.1, 0.15) is 18.1 Å². The molecule has 0 aliphatic rings. The van der Waals surface area contributed by atoms with E-state index < -0.39 is 5.97 Å². The summed E-state index contributed by atoms with van der Waals surface area (Å²) < 4.78 is 22.1. The highest BCUT2D eigenvalue weighted by Gasteiger charge is 2.14. The summed E-state index contributed by atoms with van der Waals surface area (Å²) in [6.07, 6.45) is 0. The quantitative estimate of drug-likeness (QED) is 0.502. The molecule has 0 aromatic heterocycles. The molecule has 28 heavy (non-hydrogen) atoms. The molecule has 0 amide bonds. The number of methoxy groups -OCH3 is 1.